The Bertz CT molecular complexity index is 1010. The Morgan fingerprint density at radius 1 is 0.969 bits per heavy atom. The second-order valence-corrected chi connectivity index (χ2v) is 9.54. The molecule has 1 aliphatic heterocycles. The van der Waals surface area contributed by atoms with Gasteiger partial charge in [0.1, 0.15) is 6.04 Å². The molecule has 3 rings (SSSR count). The summed E-state index contributed by atoms with van der Waals surface area (Å²) in [4.78, 5) is 27.9. The van der Waals surface area contributed by atoms with Gasteiger partial charge in [0.05, 0.1) is 18.1 Å². The number of ether oxygens (including phenoxy) is 2. The molecule has 1 amide bonds. The molecule has 0 aliphatic carbocycles. The lowest BCUT2D eigenvalue weighted by Crippen LogP contribution is -2.48. The van der Waals surface area contributed by atoms with Crippen molar-refractivity contribution >= 4 is 21.9 Å². The first-order valence-corrected chi connectivity index (χ1v) is 12.0. The van der Waals surface area contributed by atoms with Crippen LogP contribution >= 0.6 is 0 Å². The highest BCUT2D eigenvalue weighted by atomic mass is 32.2. The van der Waals surface area contributed by atoms with E-state index in [4.69, 9.17) is 9.47 Å². The van der Waals surface area contributed by atoms with E-state index in [-0.39, 0.29) is 10.8 Å². The maximum Gasteiger partial charge on any atom is 0.325 e. The molecule has 0 bridgehead atoms. The first-order chi connectivity index (χ1) is 15.3. The molecule has 1 N–H and O–H groups in total. The molecule has 9 heteroatoms. The SMILES string of the molecule is CC(C)[C@@H](NS(=O)(=O)c1ccccc1)C(=O)O[C@@H](C(=O)N1CCOCC1)c1ccccc1. The van der Waals surface area contributed by atoms with E-state index in [1.54, 1.807) is 67.3 Å². The van der Waals surface area contributed by atoms with Crippen molar-refractivity contribution in [2.75, 3.05) is 26.3 Å². The number of nitrogens with zero attached hydrogens (tertiary/aromatic N) is 1. The van der Waals surface area contributed by atoms with Gasteiger partial charge in [0.15, 0.2) is 0 Å². The summed E-state index contributed by atoms with van der Waals surface area (Å²) in [6.45, 7) is 5.03. The van der Waals surface area contributed by atoms with Crippen molar-refractivity contribution in [2.24, 2.45) is 5.92 Å². The molecule has 8 nitrogen and oxygen atoms in total. The minimum Gasteiger partial charge on any atom is -0.446 e. The first kappa shape index (κ1) is 23.9. The summed E-state index contributed by atoms with van der Waals surface area (Å²) >= 11 is 0. The zero-order valence-corrected chi connectivity index (χ0v) is 19.0. The molecule has 0 aromatic heterocycles. The van der Waals surface area contributed by atoms with E-state index < -0.39 is 34.1 Å². The first-order valence-electron chi connectivity index (χ1n) is 10.5. The third-order valence-electron chi connectivity index (χ3n) is 5.14. The third kappa shape index (κ3) is 5.93. The van der Waals surface area contributed by atoms with Crippen molar-refractivity contribution in [1.82, 2.24) is 9.62 Å². The lowest BCUT2D eigenvalue weighted by Gasteiger charge is -2.31. The number of nitrogens with one attached hydrogen (secondary N) is 1. The monoisotopic (exact) mass is 460 g/mol. The molecule has 2 aromatic rings. The Morgan fingerprint density at radius 3 is 2.09 bits per heavy atom. The summed E-state index contributed by atoms with van der Waals surface area (Å²) in [5.41, 5.74) is 0.519. The van der Waals surface area contributed by atoms with Crippen LogP contribution in [0.25, 0.3) is 0 Å². The number of morpholine rings is 1. The summed E-state index contributed by atoms with van der Waals surface area (Å²) < 4.78 is 39.0. The minimum atomic E-state index is -3.95. The van der Waals surface area contributed by atoms with Crippen LogP contribution in [0.1, 0.15) is 25.5 Å². The zero-order chi connectivity index (χ0) is 23.1. The van der Waals surface area contributed by atoms with Crippen molar-refractivity contribution in [3.63, 3.8) is 0 Å². The number of carbonyl (C=O) groups excluding carboxylic acids is 2. The average Bonchev–Trinajstić information content (AvgIpc) is 2.82. The lowest BCUT2D eigenvalue weighted by atomic mass is 10.0. The number of esters is 1. The van der Waals surface area contributed by atoms with Gasteiger partial charge >= 0.3 is 5.97 Å². The van der Waals surface area contributed by atoms with Gasteiger partial charge in [0, 0.05) is 18.7 Å². The molecular weight excluding hydrogens is 432 g/mol. The fourth-order valence-electron chi connectivity index (χ4n) is 3.32. The number of hydrogen-bond acceptors (Lipinski definition) is 6. The van der Waals surface area contributed by atoms with E-state index in [0.29, 0.717) is 31.9 Å². The summed E-state index contributed by atoms with van der Waals surface area (Å²) in [7, 11) is -3.95. The van der Waals surface area contributed by atoms with Crippen LogP contribution < -0.4 is 4.72 Å². The highest BCUT2D eigenvalue weighted by molar-refractivity contribution is 7.89. The summed E-state index contributed by atoms with van der Waals surface area (Å²) in [6, 6.07) is 15.3. The van der Waals surface area contributed by atoms with Gasteiger partial charge in [-0.1, -0.05) is 62.4 Å². The number of amides is 1. The smallest absolute Gasteiger partial charge is 0.325 e. The predicted octanol–water partition coefficient (Wildman–Crippen LogP) is 2.13. The fourth-order valence-corrected chi connectivity index (χ4v) is 4.67. The molecule has 1 heterocycles. The van der Waals surface area contributed by atoms with Crippen molar-refractivity contribution in [3.8, 4) is 0 Å². The average molecular weight is 461 g/mol. The normalized spacial score (nSPS) is 16.4. The van der Waals surface area contributed by atoms with Crippen LogP contribution in [-0.4, -0.2) is 57.5 Å². The van der Waals surface area contributed by atoms with E-state index in [9.17, 15) is 18.0 Å². The molecule has 0 saturated carbocycles. The number of sulfonamides is 1. The molecular formula is C23H28N2O6S. The molecule has 32 heavy (non-hydrogen) atoms. The minimum absolute atomic E-state index is 0.0439. The van der Waals surface area contributed by atoms with E-state index in [2.05, 4.69) is 4.72 Å². The predicted molar refractivity (Wildman–Crippen MR) is 118 cm³/mol. The maximum absolute atomic E-state index is 13.2. The molecule has 2 atom stereocenters. The Kier molecular flexibility index (Phi) is 8.00. The van der Waals surface area contributed by atoms with Gasteiger partial charge in [-0.15, -0.1) is 0 Å². The summed E-state index contributed by atoms with van der Waals surface area (Å²) in [5.74, 6) is -1.58. The summed E-state index contributed by atoms with van der Waals surface area (Å²) in [5, 5.41) is 0. The van der Waals surface area contributed by atoms with Gasteiger partial charge in [0.25, 0.3) is 5.91 Å². The summed E-state index contributed by atoms with van der Waals surface area (Å²) in [6.07, 6.45) is -1.18. The molecule has 0 spiro atoms. The number of benzene rings is 2. The van der Waals surface area contributed by atoms with Crippen LogP contribution in [0.4, 0.5) is 0 Å². The molecule has 1 saturated heterocycles. The van der Waals surface area contributed by atoms with Crippen LogP contribution in [0, 0.1) is 5.92 Å². The lowest BCUT2D eigenvalue weighted by molar-refractivity contribution is -0.164. The van der Waals surface area contributed by atoms with Gasteiger partial charge in [-0.2, -0.15) is 4.72 Å². The standard InChI is InChI=1S/C23H28N2O6S/c1-17(2)20(24-32(28,29)19-11-7-4-8-12-19)23(27)31-21(18-9-5-3-6-10-18)22(26)25-13-15-30-16-14-25/h3-12,17,20-21,24H,13-16H2,1-2H3/t20-,21-/m1/s1. The van der Waals surface area contributed by atoms with Crippen LogP contribution in [0.3, 0.4) is 0 Å². The van der Waals surface area contributed by atoms with E-state index >= 15 is 0 Å². The second-order valence-electron chi connectivity index (χ2n) is 7.82. The largest absolute Gasteiger partial charge is 0.446 e. The molecule has 1 fully saturated rings. The van der Waals surface area contributed by atoms with Gasteiger partial charge in [-0.3, -0.25) is 9.59 Å². The topological polar surface area (TPSA) is 102 Å². The second kappa shape index (κ2) is 10.7. The highest BCUT2D eigenvalue weighted by Crippen LogP contribution is 2.23. The third-order valence-corrected chi connectivity index (χ3v) is 6.60. The van der Waals surface area contributed by atoms with E-state index in [1.807, 2.05) is 0 Å². The molecule has 0 radical (unpaired) electrons. The van der Waals surface area contributed by atoms with E-state index in [0.717, 1.165) is 0 Å². The van der Waals surface area contributed by atoms with Crippen LogP contribution in [0.2, 0.25) is 0 Å². The Hall–Kier alpha value is -2.75. The zero-order valence-electron chi connectivity index (χ0n) is 18.1. The quantitative estimate of drug-likeness (QED) is 0.606. The molecule has 2 aromatic carbocycles. The van der Waals surface area contributed by atoms with Gasteiger partial charge in [0.2, 0.25) is 16.1 Å². The maximum atomic E-state index is 13.2. The van der Waals surface area contributed by atoms with E-state index in [1.165, 1.54) is 12.1 Å². The fraction of sp³-hybridized carbons (Fsp3) is 0.391. The Morgan fingerprint density at radius 2 is 1.53 bits per heavy atom. The van der Waals surface area contributed by atoms with Crippen molar-refractivity contribution in [3.05, 3.63) is 66.2 Å². The number of rotatable bonds is 8. The Balaban J connectivity index is 1.83. The molecule has 1 aliphatic rings. The van der Waals surface area contributed by atoms with Crippen LogP contribution in [0.5, 0.6) is 0 Å². The molecule has 0 unspecified atom stereocenters. The van der Waals surface area contributed by atoms with Crippen LogP contribution in [-0.2, 0) is 29.1 Å². The Labute approximate surface area is 188 Å². The van der Waals surface area contributed by atoms with Crippen molar-refractivity contribution in [1.29, 1.82) is 0 Å². The highest BCUT2D eigenvalue weighted by Gasteiger charge is 2.35. The number of hydrogen-bond donors (Lipinski definition) is 1. The molecule has 172 valence electrons. The number of carbonyl (C=O) groups is 2. The van der Waals surface area contributed by atoms with Gasteiger partial charge < -0.3 is 14.4 Å². The van der Waals surface area contributed by atoms with Crippen LogP contribution in [0.15, 0.2) is 65.6 Å². The van der Waals surface area contributed by atoms with Gasteiger partial charge in [-0.25, -0.2) is 8.42 Å². The van der Waals surface area contributed by atoms with Crippen molar-refractivity contribution < 1.29 is 27.5 Å². The van der Waals surface area contributed by atoms with Crippen molar-refractivity contribution in [2.45, 2.75) is 30.9 Å². The van der Waals surface area contributed by atoms with Gasteiger partial charge in [-0.05, 0) is 18.1 Å².